The summed E-state index contributed by atoms with van der Waals surface area (Å²) in [4.78, 5) is 86.5. The molecule has 0 fully saturated rings. The minimum absolute atomic E-state index is 0.00226. The molecule has 4 aromatic rings. The van der Waals surface area contributed by atoms with Crippen molar-refractivity contribution in [1.29, 1.82) is 0 Å². The van der Waals surface area contributed by atoms with Gasteiger partial charge in [-0.15, -0.1) is 0 Å². The molecule has 3 amide bonds. The van der Waals surface area contributed by atoms with E-state index in [-0.39, 0.29) is 62.9 Å². The van der Waals surface area contributed by atoms with E-state index in [0.717, 1.165) is 44.5 Å². The van der Waals surface area contributed by atoms with Crippen LogP contribution in [0.2, 0.25) is 0 Å². The van der Waals surface area contributed by atoms with Crippen molar-refractivity contribution in [2.75, 3.05) is 19.7 Å². The summed E-state index contributed by atoms with van der Waals surface area (Å²) in [7, 11) is 0. The van der Waals surface area contributed by atoms with Gasteiger partial charge < -0.3 is 45.4 Å². The van der Waals surface area contributed by atoms with Gasteiger partial charge in [-0.25, -0.2) is 24.0 Å². The van der Waals surface area contributed by atoms with Crippen LogP contribution in [-0.2, 0) is 68.5 Å². The maximum Gasteiger partial charge on any atom is 0.408 e. The highest BCUT2D eigenvalue weighted by molar-refractivity contribution is 5.86. The van der Waals surface area contributed by atoms with Crippen LogP contribution in [-0.4, -0.2) is 96.0 Å². The van der Waals surface area contributed by atoms with Crippen molar-refractivity contribution in [2.45, 2.75) is 149 Å². The summed E-state index contributed by atoms with van der Waals surface area (Å²) in [5.74, 6) is -1.42. The van der Waals surface area contributed by atoms with E-state index < -0.39 is 64.7 Å². The molecule has 0 saturated carbocycles. The van der Waals surface area contributed by atoms with E-state index >= 15 is 0 Å². The molecule has 16 nitrogen and oxygen atoms in total. The zero-order valence-electron chi connectivity index (χ0n) is 44.4. The molecular formula is C57H74N4O12. The van der Waals surface area contributed by atoms with E-state index in [1.807, 2.05) is 60.7 Å². The highest BCUT2D eigenvalue weighted by atomic mass is 16.6. The lowest BCUT2D eigenvalue weighted by molar-refractivity contribution is -0.158. The summed E-state index contributed by atoms with van der Waals surface area (Å²) in [5, 5.41) is 7.77. The predicted molar refractivity (Wildman–Crippen MR) is 278 cm³/mol. The fourth-order valence-corrected chi connectivity index (χ4v) is 7.50. The molecule has 2 atom stereocenters. The standard InChI is InChI=1S/C36H42N2O7.C21H32N2O5/c1-35(2,3)44-32(40)31(38-34(42)45-36(4,5)6)20-24-17-15-23(16-18-24)19-25(39)21-37-33(41)43-22-30-28-13-9-7-11-26(28)27-12-8-10-14-29(27)30;1-20(2,3)27-18(25)17(23-19(26)28-21(4,5)6)12-15-9-7-14(8-10-15)11-16(24)13-22/h7-18,30-31H,19-22H2,1-6H3,(H,37,41)(H,38,42);7-10,17H,11-13,22H2,1-6H3,(H,23,26)/t31-;17-/m00/s1. The predicted octanol–water partition coefficient (Wildman–Crippen LogP) is 8.65. The molecule has 0 aliphatic heterocycles. The van der Waals surface area contributed by atoms with Crippen LogP contribution in [0.4, 0.5) is 14.4 Å². The van der Waals surface area contributed by atoms with Crippen molar-refractivity contribution in [1.82, 2.24) is 16.0 Å². The fraction of sp³-hybridized carbons (Fsp3) is 0.456. The van der Waals surface area contributed by atoms with Gasteiger partial charge in [0.1, 0.15) is 41.1 Å². The Morgan fingerprint density at radius 3 is 1.21 bits per heavy atom. The van der Waals surface area contributed by atoms with Gasteiger partial charge in [0.2, 0.25) is 0 Å². The molecule has 16 heteroatoms. The molecule has 1 aliphatic carbocycles. The molecule has 4 aromatic carbocycles. The lowest BCUT2D eigenvalue weighted by Crippen LogP contribution is -2.47. The highest BCUT2D eigenvalue weighted by Crippen LogP contribution is 2.44. The number of hydrogen-bond donors (Lipinski definition) is 4. The minimum Gasteiger partial charge on any atom is -0.458 e. The number of ether oxygens (including phenoxy) is 5. The first-order chi connectivity index (χ1) is 34.0. The quantitative estimate of drug-likeness (QED) is 0.0574. The van der Waals surface area contributed by atoms with Crippen LogP contribution in [0.3, 0.4) is 0 Å². The highest BCUT2D eigenvalue weighted by Gasteiger charge is 2.32. The van der Waals surface area contributed by atoms with Crippen molar-refractivity contribution in [2.24, 2.45) is 5.73 Å². The molecule has 0 spiro atoms. The molecule has 0 saturated heterocycles. The molecule has 0 unspecified atom stereocenters. The topological polar surface area (TPSA) is 228 Å². The van der Waals surface area contributed by atoms with Crippen LogP contribution in [0.15, 0.2) is 97.1 Å². The van der Waals surface area contributed by atoms with Gasteiger partial charge in [0, 0.05) is 31.6 Å². The lowest BCUT2D eigenvalue weighted by Gasteiger charge is -2.26. The third-order valence-electron chi connectivity index (χ3n) is 10.5. The number of amides is 3. The van der Waals surface area contributed by atoms with Crippen LogP contribution >= 0.6 is 0 Å². The first-order valence-electron chi connectivity index (χ1n) is 24.4. The minimum atomic E-state index is -0.965. The van der Waals surface area contributed by atoms with Gasteiger partial charge >= 0.3 is 30.2 Å². The second kappa shape index (κ2) is 25.5. The smallest absolute Gasteiger partial charge is 0.408 e. The molecule has 1 aliphatic rings. The van der Waals surface area contributed by atoms with E-state index in [2.05, 4.69) is 28.1 Å². The zero-order valence-corrected chi connectivity index (χ0v) is 44.4. The Kier molecular flexibility index (Phi) is 20.5. The molecule has 394 valence electrons. The normalized spacial score (nSPS) is 13.1. The van der Waals surface area contributed by atoms with Crippen molar-refractivity contribution in [3.63, 3.8) is 0 Å². The second-order valence-corrected chi connectivity index (χ2v) is 21.8. The summed E-state index contributed by atoms with van der Waals surface area (Å²) < 4.78 is 27.0. The zero-order chi connectivity index (χ0) is 54.3. The van der Waals surface area contributed by atoms with Gasteiger partial charge in [-0.2, -0.15) is 0 Å². The number of rotatable bonds is 17. The maximum atomic E-state index is 12.9. The van der Waals surface area contributed by atoms with Crippen molar-refractivity contribution in [3.05, 3.63) is 130 Å². The van der Waals surface area contributed by atoms with Crippen LogP contribution in [0.1, 0.15) is 122 Å². The van der Waals surface area contributed by atoms with E-state index in [9.17, 15) is 33.6 Å². The summed E-state index contributed by atoms with van der Waals surface area (Å²) in [6.45, 7) is 21.0. The molecule has 5 rings (SSSR count). The van der Waals surface area contributed by atoms with Gasteiger partial charge in [0.25, 0.3) is 0 Å². The Hall–Kier alpha value is -7.07. The number of alkyl carbamates (subject to hydrolysis) is 3. The third-order valence-corrected chi connectivity index (χ3v) is 10.5. The number of esters is 2. The third kappa shape index (κ3) is 20.9. The molecule has 0 radical (unpaired) electrons. The Balaban J connectivity index is 0.000000355. The number of hydrogen-bond acceptors (Lipinski definition) is 13. The first kappa shape index (κ1) is 58.5. The van der Waals surface area contributed by atoms with Crippen molar-refractivity contribution >= 4 is 41.8 Å². The van der Waals surface area contributed by atoms with Gasteiger partial charge in [0.05, 0.1) is 13.1 Å². The van der Waals surface area contributed by atoms with E-state index in [4.69, 9.17) is 29.4 Å². The molecule has 0 aromatic heterocycles. The molecule has 73 heavy (non-hydrogen) atoms. The molecule has 0 heterocycles. The number of nitrogens with one attached hydrogen (secondary N) is 3. The lowest BCUT2D eigenvalue weighted by atomic mass is 9.98. The molecular weight excluding hydrogens is 933 g/mol. The van der Waals surface area contributed by atoms with Crippen molar-refractivity contribution in [3.8, 4) is 11.1 Å². The van der Waals surface area contributed by atoms with E-state index in [1.54, 1.807) is 107 Å². The summed E-state index contributed by atoms with van der Waals surface area (Å²) in [5.41, 5.74) is 10.2. The number of carbonyl (C=O) groups is 7. The van der Waals surface area contributed by atoms with Crippen LogP contribution in [0.5, 0.6) is 0 Å². The largest absolute Gasteiger partial charge is 0.458 e. The monoisotopic (exact) mass is 1010 g/mol. The Morgan fingerprint density at radius 2 is 0.836 bits per heavy atom. The first-order valence-corrected chi connectivity index (χ1v) is 24.4. The average molecular weight is 1010 g/mol. The number of benzene rings is 4. The van der Waals surface area contributed by atoms with Gasteiger partial charge in [-0.1, -0.05) is 97.1 Å². The molecule has 5 N–H and O–H groups in total. The van der Waals surface area contributed by atoms with Crippen LogP contribution in [0.25, 0.3) is 11.1 Å². The number of ketones is 2. The molecule has 0 bridgehead atoms. The van der Waals surface area contributed by atoms with Gasteiger partial charge in [-0.05, 0) is 128 Å². The Labute approximate surface area is 429 Å². The van der Waals surface area contributed by atoms with Crippen molar-refractivity contribution < 1.29 is 57.2 Å². The van der Waals surface area contributed by atoms with E-state index in [0.29, 0.717) is 0 Å². The fourth-order valence-electron chi connectivity index (χ4n) is 7.50. The Morgan fingerprint density at radius 1 is 0.479 bits per heavy atom. The summed E-state index contributed by atoms with van der Waals surface area (Å²) in [6, 6.07) is 28.7. The van der Waals surface area contributed by atoms with Crippen LogP contribution in [0, 0.1) is 0 Å². The summed E-state index contributed by atoms with van der Waals surface area (Å²) in [6.07, 6.45) is -1.27. The SMILES string of the molecule is CC(C)(C)OC(=O)N[C@@H](Cc1ccc(CC(=O)CN)cc1)C(=O)OC(C)(C)C.CC(C)(C)OC(=O)N[C@@H](Cc1ccc(CC(=O)CNC(=O)OCC2c3ccccc3-c3ccccc32)cc1)C(=O)OC(C)(C)C. The van der Waals surface area contributed by atoms with Gasteiger partial charge in [-0.3, -0.25) is 9.59 Å². The second-order valence-electron chi connectivity index (χ2n) is 21.8. The number of nitrogens with two attached hydrogens (primary N) is 1. The van der Waals surface area contributed by atoms with Gasteiger partial charge in [0.15, 0.2) is 11.6 Å². The van der Waals surface area contributed by atoms with E-state index in [1.165, 1.54) is 0 Å². The number of carbonyl (C=O) groups excluding carboxylic acids is 7. The summed E-state index contributed by atoms with van der Waals surface area (Å²) >= 11 is 0. The Bertz CT molecular complexity index is 2500. The number of Topliss-reactive ketones (excluding diaryl/α,β-unsaturated/α-hetero) is 2. The maximum absolute atomic E-state index is 12.9. The number of fused-ring (bicyclic) bond motifs is 3. The van der Waals surface area contributed by atoms with Crippen LogP contribution < -0.4 is 21.7 Å². The average Bonchev–Trinajstić information content (AvgIpc) is 3.59.